The third-order valence-electron chi connectivity index (χ3n) is 4.78. The molecule has 160 valence electrons. The summed E-state index contributed by atoms with van der Waals surface area (Å²) in [4.78, 5) is 22.1. The van der Waals surface area contributed by atoms with E-state index in [0.29, 0.717) is 33.9 Å². The second-order valence-corrected chi connectivity index (χ2v) is 8.58. The quantitative estimate of drug-likeness (QED) is 0.389. The van der Waals surface area contributed by atoms with Gasteiger partial charge < -0.3 is 9.64 Å². The van der Waals surface area contributed by atoms with Gasteiger partial charge in [0.2, 0.25) is 0 Å². The van der Waals surface area contributed by atoms with E-state index in [0.717, 1.165) is 35.6 Å². The third kappa shape index (κ3) is 5.43. The number of aromatic nitrogens is 1. The van der Waals surface area contributed by atoms with Crippen molar-refractivity contribution in [3.05, 3.63) is 52.0 Å². The molecule has 0 saturated heterocycles. The van der Waals surface area contributed by atoms with E-state index in [1.165, 1.54) is 11.3 Å². The molecule has 2 aromatic carbocycles. The predicted molar refractivity (Wildman–Crippen MR) is 127 cm³/mol. The average molecular weight is 466 g/mol. The van der Waals surface area contributed by atoms with Crippen LogP contribution in [0.2, 0.25) is 10.0 Å². The number of carbonyl (C=O) groups is 1. The van der Waals surface area contributed by atoms with Gasteiger partial charge in [-0.05, 0) is 56.4 Å². The van der Waals surface area contributed by atoms with Crippen molar-refractivity contribution in [3.63, 3.8) is 0 Å². The van der Waals surface area contributed by atoms with Crippen LogP contribution in [0.5, 0.6) is 5.75 Å². The third-order valence-corrected chi connectivity index (χ3v) is 6.26. The molecule has 0 aliphatic rings. The van der Waals surface area contributed by atoms with E-state index in [1.807, 2.05) is 25.1 Å². The summed E-state index contributed by atoms with van der Waals surface area (Å²) in [6.07, 6.45) is 0. The fraction of sp³-hybridized carbons (Fsp3) is 0.364. The zero-order chi connectivity index (χ0) is 21.7. The molecule has 0 aliphatic carbocycles. The lowest BCUT2D eigenvalue weighted by Crippen LogP contribution is -2.38. The Labute approximate surface area is 191 Å². The Morgan fingerprint density at radius 2 is 1.73 bits per heavy atom. The number of halogens is 2. The van der Waals surface area contributed by atoms with Crippen LogP contribution < -0.4 is 9.64 Å². The van der Waals surface area contributed by atoms with Gasteiger partial charge in [0, 0.05) is 28.7 Å². The van der Waals surface area contributed by atoms with Gasteiger partial charge in [0.1, 0.15) is 5.75 Å². The van der Waals surface area contributed by atoms with Crippen molar-refractivity contribution >= 4 is 55.8 Å². The van der Waals surface area contributed by atoms with Crippen molar-refractivity contribution in [2.45, 2.75) is 20.8 Å². The summed E-state index contributed by atoms with van der Waals surface area (Å²) in [7, 11) is 0. The number of amides is 1. The van der Waals surface area contributed by atoms with Crippen LogP contribution in [-0.2, 0) is 0 Å². The largest absolute Gasteiger partial charge is 0.494 e. The summed E-state index contributed by atoms with van der Waals surface area (Å²) in [5.41, 5.74) is 1.28. The minimum absolute atomic E-state index is 0.171. The molecule has 1 heterocycles. The molecule has 0 fully saturated rings. The lowest BCUT2D eigenvalue weighted by atomic mass is 10.2. The lowest BCUT2D eigenvalue weighted by Gasteiger charge is -2.24. The zero-order valence-electron chi connectivity index (χ0n) is 17.3. The summed E-state index contributed by atoms with van der Waals surface area (Å²) < 4.78 is 6.57. The van der Waals surface area contributed by atoms with Crippen molar-refractivity contribution in [1.29, 1.82) is 0 Å². The molecular formula is C22H25Cl2N3O2S. The molecule has 3 aromatic rings. The Bertz CT molecular complexity index is 1000. The van der Waals surface area contributed by atoms with Crippen LogP contribution in [0.3, 0.4) is 0 Å². The molecular weight excluding hydrogens is 441 g/mol. The van der Waals surface area contributed by atoms with Gasteiger partial charge in [-0.15, -0.1) is 0 Å². The highest BCUT2D eigenvalue weighted by Gasteiger charge is 2.23. The highest BCUT2D eigenvalue weighted by Crippen LogP contribution is 2.32. The van der Waals surface area contributed by atoms with E-state index in [-0.39, 0.29) is 5.91 Å². The number of anilines is 1. The Kier molecular flexibility index (Phi) is 7.94. The summed E-state index contributed by atoms with van der Waals surface area (Å²) >= 11 is 13.7. The molecule has 0 radical (unpaired) electrons. The smallest absolute Gasteiger partial charge is 0.260 e. The number of hydrogen-bond donors (Lipinski definition) is 0. The van der Waals surface area contributed by atoms with Crippen LogP contribution in [0.4, 0.5) is 5.13 Å². The second-order valence-electron chi connectivity index (χ2n) is 6.70. The van der Waals surface area contributed by atoms with Crippen LogP contribution in [0.15, 0.2) is 36.4 Å². The van der Waals surface area contributed by atoms with Gasteiger partial charge in [0.25, 0.3) is 5.91 Å². The molecule has 0 bridgehead atoms. The molecule has 5 nitrogen and oxygen atoms in total. The number of rotatable bonds is 9. The van der Waals surface area contributed by atoms with E-state index < -0.39 is 0 Å². The number of fused-ring (bicyclic) bond motifs is 1. The SMILES string of the molecule is CCOc1ccc2nc(N(CCN(CC)CC)C(=O)c3cc(Cl)cc(Cl)c3)sc2c1. The number of hydrogen-bond acceptors (Lipinski definition) is 5. The molecule has 0 unspecified atom stereocenters. The standard InChI is InChI=1S/C22H25Cl2N3O2S/c1-4-26(5-2)9-10-27(21(28)15-11-16(23)13-17(24)12-15)22-25-19-8-7-18(29-6-3)14-20(19)30-22/h7-8,11-14H,4-6,9-10H2,1-3H3. The molecule has 0 aliphatic heterocycles. The highest BCUT2D eigenvalue weighted by atomic mass is 35.5. The highest BCUT2D eigenvalue weighted by molar-refractivity contribution is 7.22. The first-order chi connectivity index (χ1) is 14.4. The molecule has 1 amide bonds. The van der Waals surface area contributed by atoms with Crippen molar-refractivity contribution < 1.29 is 9.53 Å². The van der Waals surface area contributed by atoms with Crippen LogP contribution >= 0.6 is 34.5 Å². The topological polar surface area (TPSA) is 45.7 Å². The number of ether oxygens (including phenoxy) is 1. The Morgan fingerprint density at radius 3 is 2.37 bits per heavy atom. The first kappa shape index (κ1) is 22.8. The number of benzene rings is 2. The first-order valence-electron chi connectivity index (χ1n) is 9.98. The van der Waals surface area contributed by atoms with Crippen LogP contribution in [0.1, 0.15) is 31.1 Å². The van der Waals surface area contributed by atoms with Crippen molar-refractivity contribution in [3.8, 4) is 5.75 Å². The van der Waals surface area contributed by atoms with Crippen LogP contribution in [0, 0.1) is 0 Å². The predicted octanol–water partition coefficient (Wildman–Crippen LogP) is 5.99. The van der Waals surface area contributed by atoms with Gasteiger partial charge in [-0.3, -0.25) is 9.69 Å². The average Bonchev–Trinajstić information content (AvgIpc) is 3.13. The number of likely N-dealkylation sites (N-methyl/N-ethyl adjacent to an activating group) is 1. The second kappa shape index (κ2) is 10.4. The zero-order valence-corrected chi connectivity index (χ0v) is 19.7. The Balaban J connectivity index is 1.97. The number of thiazole rings is 1. The van der Waals surface area contributed by atoms with Crippen molar-refractivity contribution in [2.75, 3.05) is 37.7 Å². The minimum atomic E-state index is -0.171. The lowest BCUT2D eigenvalue weighted by molar-refractivity contribution is 0.0984. The maximum Gasteiger partial charge on any atom is 0.260 e. The fourth-order valence-corrected chi connectivity index (χ4v) is 4.71. The molecule has 3 rings (SSSR count). The summed E-state index contributed by atoms with van der Waals surface area (Å²) in [5, 5.41) is 1.51. The van der Waals surface area contributed by atoms with E-state index in [2.05, 4.69) is 18.7 Å². The Hall–Kier alpha value is -1.86. The van der Waals surface area contributed by atoms with E-state index in [1.54, 1.807) is 23.1 Å². The summed E-state index contributed by atoms with van der Waals surface area (Å²) in [5.74, 6) is 0.624. The van der Waals surface area contributed by atoms with E-state index in [4.69, 9.17) is 32.9 Å². The molecule has 0 N–H and O–H groups in total. The molecule has 0 saturated carbocycles. The van der Waals surface area contributed by atoms with Gasteiger partial charge in [0.05, 0.1) is 16.8 Å². The maximum absolute atomic E-state index is 13.4. The van der Waals surface area contributed by atoms with Gasteiger partial charge in [0.15, 0.2) is 5.13 Å². The molecule has 0 spiro atoms. The maximum atomic E-state index is 13.4. The molecule has 1 aromatic heterocycles. The first-order valence-corrected chi connectivity index (χ1v) is 11.6. The number of nitrogens with zero attached hydrogens (tertiary/aromatic N) is 3. The molecule has 0 atom stereocenters. The van der Waals surface area contributed by atoms with Gasteiger partial charge in [-0.25, -0.2) is 4.98 Å². The van der Waals surface area contributed by atoms with E-state index >= 15 is 0 Å². The van der Waals surface area contributed by atoms with Gasteiger partial charge in [-0.1, -0.05) is 48.4 Å². The van der Waals surface area contributed by atoms with Crippen molar-refractivity contribution in [1.82, 2.24) is 9.88 Å². The van der Waals surface area contributed by atoms with Crippen molar-refractivity contribution in [2.24, 2.45) is 0 Å². The summed E-state index contributed by atoms with van der Waals surface area (Å²) in [6, 6.07) is 10.7. The molecule has 30 heavy (non-hydrogen) atoms. The normalized spacial score (nSPS) is 11.3. The molecule has 8 heteroatoms. The van der Waals surface area contributed by atoms with Gasteiger partial charge in [-0.2, -0.15) is 0 Å². The monoisotopic (exact) mass is 465 g/mol. The van der Waals surface area contributed by atoms with Crippen LogP contribution in [0.25, 0.3) is 10.2 Å². The summed E-state index contributed by atoms with van der Waals surface area (Å²) in [6.45, 7) is 9.86. The van der Waals surface area contributed by atoms with Gasteiger partial charge >= 0.3 is 0 Å². The number of carbonyl (C=O) groups excluding carboxylic acids is 1. The Morgan fingerprint density at radius 1 is 1.03 bits per heavy atom. The minimum Gasteiger partial charge on any atom is -0.494 e. The fourth-order valence-electron chi connectivity index (χ4n) is 3.16. The van der Waals surface area contributed by atoms with Crippen LogP contribution in [-0.4, -0.2) is 48.6 Å². The van der Waals surface area contributed by atoms with E-state index in [9.17, 15) is 4.79 Å².